The molecule has 0 spiro atoms. The Labute approximate surface area is 234 Å². The Bertz CT molecular complexity index is 1250. The molecule has 4 rings (SSSR count). The van der Waals surface area contributed by atoms with E-state index in [1.165, 1.54) is 17.7 Å². The fraction of sp³-hybridized carbons (Fsp3) is 0.462. The lowest BCUT2D eigenvalue weighted by Gasteiger charge is -2.45. The van der Waals surface area contributed by atoms with Crippen LogP contribution in [0.4, 0.5) is 24.5 Å². The number of ether oxygens (including phenoxy) is 2. The minimum absolute atomic E-state index is 0.0350. The number of nitrogens with zero attached hydrogens (tertiary/aromatic N) is 2. The second-order valence-electron chi connectivity index (χ2n) is 9.65. The number of nitro benzene ring substituents is 1. The maximum Gasteiger partial charge on any atom is 0.490 e. The average molecular weight is 585 g/mol. The summed E-state index contributed by atoms with van der Waals surface area (Å²) in [6.07, 6.45) is -1.00. The van der Waals surface area contributed by atoms with Crippen molar-refractivity contribution in [3.8, 4) is 11.5 Å². The van der Waals surface area contributed by atoms with E-state index in [9.17, 15) is 23.3 Å². The SMILES string of the molecule is COc1ccc([C@@]23CC[C@@H](NC(=S)Nc4cccc([N+](=O)[O-])c4)C[C@@H]2N(C)CC3)cc1OC.O=C(O)C(F)(F)F. The van der Waals surface area contributed by atoms with Crippen molar-refractivity contribution in [3.05, 3.63) is 58.1 Å². The van der Waals surface area contributed by atoms with Gasteiger partial charge in [-0.25, -0.2) is 4.79 Å². The zero-order valence-corrected chi connectivity index (χ0v) is 23.0. The summed E-state index contributed by atoms with van der Waals surface area (Å²) >= 11 is 5.52. The van der Waals surface area contributed by atoms with Crippen LogP contribution in [0.25, 0.3) is 0 Å². The second kappa shape index (κ2) is 12.7. The van der Waals surface area contributed by atoms with Gasteiger partial charge in [-0.3, -0.25) is 10.1 Å². The minimum atomic E-state index is -5.08. The molecule has 0 unspecified atom stereocenters. The van der Waals surface area contributed by atoms with Gasteiger partial charge in [-0.2, -0.15) is 13.2 Å². The molecule has 0 bridgehead atoms. The number of benzene rings is 2. The third-order valence-corrected chi connectivity index (χ3v) is 7.60. The van der Waals surface area contributed by atoms with Crippen molar-refractivity contribution >= 4 is 34.7 Å². The predicted molar refractivity (Wildman–Crippen MR) is 146 cm³/mol. The first kappa shape index (κ1) is 30.9. The zero-order chi connectivity index (χ0) is 29.7. The standard InChI is InChI=1S/C24H30N4O4S.C2HF3O2/c1-27-12-11-24(16-7-8-20(31-2)21(13-16)32-3)10-9-18(15-22(24)27)26-23(33)25-17-5-4-6-19(14-17)28(29)30;3-2(4,5)1(6)7/h4-8,13-14,18,22H,9-12,15H2,1-3H3,(H2,25,26,33);(H,6,7)/t18-,22+,24+;/m1./s1. The lowest BCUT2D eigenvalue weighted by molar-refractivity contribution is -0.384. The molecule has 3 N–H and O–H groups in total. The van der Waals surface area contributed by atoms with E-state index in [2.05, 4.69) is 34.7 Å². The van der Waals surface area contributed by atoms with Crippen LogP contribution < -0.4 is 20.1 Å². The summed E-state index contributed by atoms with van der Waals surface area (Å²) in [5.41, 5.74) is 2.01. The third-order valence-electron chi connectivity index (χ3n) is 7.38. The van der Waals surface area contributed by atoms with Gasteiger partial charge in [0.1, 0.15) is 0 Å². The number of alkyl halides is 3. The van der Waals surface area contributed by atoms with E-state index in [-0.39, 0.29) is 17.1 Å². The number of nitro groups is 1. The number of aliphatic carboxylic acids is 1. The summed E-state index contributed by atoms with van der Waals surface area (Å²) in [4.78, 5) is 22.0. The molecule has 1 heterocycles. The van der Waals surface area contributed by atoms with Crippen molar-refractivity contribution in [1.29, 1.82) is 0 Å². The topological polar surface area (TPSA) is 126 Å². The Morgan fingerprint density at radius 2 is 1.85 bits per heavy atom. The fourth-order valence-corrected chi connectivity index (χ4v) is 5.73. The normalized spacial score (nSPS) is 22.2. The summed E-state index contributed by atoms with van der Waals surface area (Å²) in [5, 5.41) is 25.2. The Kier molecular flexibility index (Phi) is 9.79. The molecule has 0 aromatic heterocycles. The molecule has 2 fully saturated rings. The number of halogens is 3. The fourth-order valence-electron chi connectivity index (χ4n) is 5.44. The van der Waals surface area contributed by atoms with Gasteiger partial charge in [0.05, 0.1) is 19.1 Å². The van der Waals surface area contributed by atoms with Crippen molar-refractivity contribution in [2.24, 2.45) is 0 Å². The molecule has 1 saturated heterocycles. The number of nitrogens with one attached hydrogen (secondary N) is 2. The lowest BCUT2D eigenvalue weighted by atomic mass is 9.65. The van der Waals surface area contributed by atoms with Crippen LogP contribution in [0.2, 0.25) is 0 Å². The number of methoxy groups -OCH3 is 2. The quantitative estimate of drug-likeness (QED) is 0.249. The Morgan fingerprint density at radius 3 is 2.45 bits per heavy atom. The first-order valence-corrected chi connectivity index (χ1v) is 12.8. The van der Waals surface area contributed by atoms with Crippen LogP contribution in [0, 0.1) is 10.1 Å². The van der Waals surface area contributed by atoms with E-state index in [0.29, 0.717) is 16.8 Å². The highest BCUT2D eigenvalue weighted by Crippen LogP contribution is 2.49. The van der Waals surface area contributed by atoms with Crippen LogP contribution in [0.1, 0.15) is 31.2 Å². The van der Waals surface area contributed by atoms with E-state index in [4.69, 9.17) is 31.6 Å². The molecule has 14 heteroatoms. The highest BCUT2D eigenvalue weighted by molar-refractivity contribution is 7.80. The van der Waals surface area contributed by atoms with Gasteiger partial charge in [0.25, 0.3) is 5.69 Å². The summed E-state index contributed by atoms with van der Waals surface area (Å²) in [5.74, 6) is -1.25. The van der Waals surface area contributed by atoms with Gasteiger partial charge in [0, 0.05) is 35.3 Å². The molecule has 40 heavy (non-hydrogen) atoms. The number of carboxylic acid groups (broad SMARTS) is 1. The molecule has 2 aromatic carbocycles. The molecular formula is C26H31F3N4O6S. The van der Waals surface area contributed by atoms with Crippen molar-refractivity contribution in [2.75, 3.05) is 33.1 Å². The molecule has 0 radical (unpaired) electrons. The largest absolute Gasteiger partial charge is 0.493 e. The zero-order valence-electron chi connectivity index (χ0n) is 22.2. The first-order valence-electron chi connectivity index (χ1n) is 12.4. The molecule has 3 atom stereocenters. The van der Waals surface area contributed by atoms with Gasteiger partial charge in [-0.1, -0.05) is 12.1 Å². The third kappa shape index (κ3) is 7.10. The molecule has 10 nitrogen and oxygen atoms in total. The van der Waals surface area contributed by atoms with Crippen molar-refractivity contribution < 1.29 is 37.5 Å². The molecule has 0 amide bonds. The highest BCUT2D eigenvalue weighted by atomic mass is 32.1. The molecule has 2 aromatic rings. The van der Waals surface area contributed by atoms with Gasteiger partial charge in [-0.15, -0.1) is 0 Å². The maximum absolute atomic E-state index is 11.0. The number of fused-ring (bicyclic) bond motifs is 1. The number of likely N-dealkylation sites (N-methyl/N-ethyl adjacent to an activating group) is 1. The Hall–Kier alpha value is -3.65. The number of non-ortho nitro benzene ring substituents is 1. The molecular weight excluding hydrogens is 553 g/mol. The number of hydrogen-bond donors (Lipinski definition) is 3. The number of likely N-dealkylation sites (tertiary alicyclic amines) is 1. The molecule has 1 aliphatic heterocycles. The summed E-state index contributed by atoms with van der Waals surface area (Å²) in [6.45, 7) is 1.04. The first-order chi connectivity index (χ1) is 18.8. The Morgan fingerprint density at radius 1 is 1.18 bits per heavy atom. The lowest BCUT2D eigenvalue weighted by Crippen LogP contribution is -2.52. The van der Waals surface area contributed by atoms with Crippen LogP contribution in [0.15, 0.2) is 42.5 Å². The van der Waals surface area contributed by atoms with Crippen molar-refractivity contribution in [2.45, 2.75) is 49.4 Å². The molecule has 1 saturated carbocycles. The highest BCUT2D eigenvalue weighted by Gasteiger charge is 2.50. The summed E-state index contributed by atoms with van der Waals surface area (Å²) in [7, 11) is 5.52. The van der Waals surface area contributed by atoms with Crippen LogP contribution in [-0.4, -0.2) is 72.1 Å². The second-order valence-corrected chi connectivity index (χ2v) is 10.1. The van der Waals surface area contributed by atoms with E-state index in [0.717, 1.165) is 43.7 Å². The molecule has 2 aliphatic rings. The van der Waals surface area contributed by atoms with Gasteiger partial charge < -0.3 is 30.1 Å². The monoisotopic (exact) mass is 584 g/mol. The number of carbonyl (C=O) groups is 1. The Balaban J connectivity index is 0.000000559. The van der Waals surface area contributed by atoms with Crippen LogP contribution in [-0.2, 0) is 10.2 Å². The summed E-state index contributed by atoms with van der Waals surface area (Å²) < 4.78 is 42.7. The summed E-state index contributed by atoms with van der Waals surface area (Å²) in [6, 6.07) is 13.3. The van der Waals surface area contributed by atoms with E-state index < -0.39 is 17.1 Å². The van der Waals surface area contributed by atoms with Gasteiger partial charge in [0.15, 0.2) is 16.6 Å². The van der Waals surface area contributed by atoms with E-state index in [1.54, 1.807) is 26.4 Å². The predicted octanol–water partition coefficient (Wildman–Crippen LogP) is 4.73. The maximum atomic E-state index is 11.0. The average Bonchev–Trinajstić information content (AvgIpc) is 3.25. The van der Waals surface area contributed by atoms with Gasteiger partial charge in [0.2, 0.25) is 0 Å². The van der Waals surface area contributed by atoms with E-state index in [1.807, 2.05) is 6.07 Å². The molecule has 1 aliphatic carbocycles. The van der Waals surface area contributed by atoms with Crippen molar-refractivity contribution in [3.63, 3.8) is 0 Å². The molecule has 218 valence electrons. The number of carboxylic acids is 1. The number of thiocarbonyl (C=S) groups is 1. The number of anilines is 1. The van der Waals surface area contributed by atoms with E-state index >= 15 is 0 Å². The number of hydrogen-bond acceptors (Lipinski definition) is 7. The minimum Gasteiger partial charge on any atom is -0.493 e. The van der Waals surface area contributed by atoms with Gasteiger partial charge in [-0.05, 0) is 75.3 Å². The van der Waals surface area contributed by atoms with Crippen LogP contribution in [0.3, 0.4) is 0 Å². The van der Waals surface area contributed by atoms with Crippen molar-refractivity contribution in [1.82, 2.24) is 10.2 Å². The van der Waals surface area contributed by atoms with Gasteiger partial charge >= 0.3 is 12.1 Å². The number of rotatable bonds is 6. The smallest absolute Gasteiger partial charge is 0.490 e. The van der Waals surface area contributed by atoms with Crippen LogP contribution in [0.5, 0.6) is 11.5 Å². The van der Waals surface area contributed by atoms with Crippen LogP contribution >= 0.6 is 12.2 Å².